The molecule has 1 amide bonds. The third kappa shape index (κ3) is 2.63. The molecule has 0 aromatic carbocycles. The first-order valence-corrected chi connectivity index (χ1v) is 6.01. The van der Waals surface area contributed by atoms with Crippen molar-refractivity contribution in [1.29, 1.82) is 0 Å². The van der Waals surface area contributed by atoms with E-state index in [2.05, 4.69) is 15.5 Å². The van der Waals surface area contributed by atoms with Crippen LogP contribution < -0.4 is 11.1 Å². The second-order valence-corrected chi connectivity index (χ2v) is 4.53. The zero-order valence-corrected chi connectivity index (χ0v) is 9.82. The molecule has 1 aliphatic carbocycles. The lowest BCUT2D eigenvalue weighted by Crippen LogP contribution is -2.44. The van der Waals surface area contributed by atoms with Crippen molar-refractivity contribution in [1.82, 2.24) is 15.5 Å². The molecule has 2 rings (SSSR count). The summed E-state index contributed by atoms with van der Waals surface area (Å²) >= 11 is 0. The van der Waals surface area contributed by atoms with Crippen molar-refractivity contribution in [2.24, 2.45) is 11.1 Å². The molecule has 0 bridgehead atoms. The summed E-state index contributed by atoms with van der Waals surface area (Å²) in [5.41, 5.74) is 5.40. The van der Waals surface area contributed by atoms with Crippen LogP contribution in [0.2, 0.25) is 0 Å². The molecule has 1 aromatic rings. The monoisotopic (exact) mass is 238 g/mol. The Labute approximate surface area is 99.9 Å². The summed E-state index contributed by atoms with van der Waals surface area (Å²) < 4.78 is 4.86. The fourth-order valence-corrected chi connectivity index (χ4v) is 2.35. The van der Waals surface area contributed by atoms with Gasteiger partial charge in [-0.25, -0.2) is 0 Å². The van der Waals surface area contributed by atoms with Gasteiger partial charge in [-0.05, 0) is 12.8 Å². The highest BCUT2D eigenvalue weighted by Crippen LogP contribution is 2.37. The molecular weight excluding hydrogens is 220 g/mol. The van der Waals surface area contributed by atoms with Crippen LogP contribution in [0.1, 0.15) is 31.6 Å². The van der Waals surface area contributed by atoms with Crippen molar-refractivity contribution >= 4 is 5.91 Å². The largest absolute Gasteiger partial charge is 0.355 e. The van der Waals surface area contributed by atoms with Crippen LogP contribution in [0.4, 0.5) is 0 Å². The Morgan fingerprint density at radius 3 is 2.88 bits per heavy atom. The fourth-order valence-electron chi connectivity index (χ4n) is 2.35. The highest BCUT2D eigenvalue weighted by Gasteiger charge is 2.39. The molecular formula is C11H18N4O2. The van der Waals surface area contributed by atoms with Crippen LogP contribution in [0.3, 0.4) is 0 Å². The Morgan fingerprint density at radius 1 is 1.53 bits per heavy atom. The summed E-state index contributed by atoms with van der Waals surface area (Å²) in [4.78, 5) is 16.0. The van der Waals surface area contributed by atoms with Gasteiger partial charge in [0.05, 0.1) is 5.41 Å². The Morgan fingerprint density at radius 2 is 2.29 bits per heavy atom. The number of rotatable bonds is 5. The molecule has 1 fully saturated rings. The van der Waals surface area contributed by atoms with Crippen molar-refractivity contribution in [3.8, 4) is 0 Å². The summed E-state index contributed by atoms with van der Waals surface area (Å²) in [7, 11) is 0. The van der Waals surface area contributed by atoms with E-state index in [1.165, 1.54) is 6.33 Å². The van der Waals surface area contributed by atoms with Gasteiger partial charge in [0.2, 0.25) is 11.8 Å². The fraction of sp³-hybridized carbons (Fsp3) is 0.727. The quantitative estimate of drug-likeness (QED) is 0.766. The highest BCUT2D eigenvalue weighted by atomic mass is 16.5. The number of nitrogens with two attached hydrogens (primary N) is 1. The second kappa shape index (κ2) is 5.27. The molecule has 1 aromatic heterocycles. The minimum absolute atomic E-state index is 0.0667. The molecule has 1 saturated carbocycles. The summed E-state index contributed by atoms with van der Waals surface area (Å²) in [6.45, 7) is 0.947. The molecule has 0 saturated heterocycles. The first kappa shape index (κ1) is 12.0. The van der Waals surface area contributed by atoms with E-state index in [1.807, 2.05) is 0 Å². The molecule has 94 valence electrons. The number of carbonyl (C=O) groups excluding carboxylic acids is 1. The lowest BCUT2D eigenvalue weighted by molar-refractivity contribution is -0.130. The zero-order chi connectivity index (χ0) is 12.1. The highest BCUT2D eigenvalue weighted by molar-refractivity contribution is 5.83. The summed E-state index contributed by atoms with van der Waals surface area (Å²) in [6.07, 6.45) is 5.90. The standard InChI is InChI=1S/C11H18N4O2/c12-7-11(4-1-2-5-11)10(16)13-6-3-9-14-8-15-17-9/h8H,1-7,12H2,(H,13,16). The summed E-state index contributed by atoms with van der Waals surface area (Å²) in [6, 6.07) is 0. The van der Waals surface area contributed by atoms with Crippen molar-refractivity contribution in [2.45, 2.75) is 32.1 Å². The third-order valence-corrected chi connectivity index (χ3v) is 3.46. The van der Waals surface area contributed by atoms with E-state index < -0.39 is 0 Å². The summed E-state index contributed by atoms with van der Waals surface area (Å²) in [5.74, 6) is 0.607. The van der Waals surface area contributed by atoms with Crippen molar-refractivity contribution in [3.05, 3.63) is 12.2 Å². The number of carbonyl (C=O) groups is 1. The van der Waals surface area contributed by atoms with Gasteiger partial charge in [0, 0.05) is 19.5 Å². The van der Waals surface area contributed by atoms with Gasteiger partial charge in [-0.15, -0.1) is 0 Å². The summed E-state index contributed by atoms with van der Waals surface area (Å²) in [5, 5.41) is 6.42. The van der Waals surface area contributed by atoms with Gasteiger partial charge in [-0.2, -0.15) is 4.98 Å². The number of hydrogen-bond acceptors (Lipinski definition) is 5. The van der Waals surface area contributed by atoms with E-state index in [-0.39, 0.29) is 11.3 Å². The van der Waals surface area contributed by atoms with Crippen molar-refractivity contribution in [3.63, 3.8) is 0 Å². The molecule has 0 aliphatic heterocycles. The molecule has 0 unspecified atom stereocenters. The minimum atomic E-state index is -0.338. The van der Waals surface area contributed by atoms with E-state index in [0.29, 0.717) is 25.4 Å². The lowest BCUT2D eigenvalue weighted by Gasteiger charge is -2.25. The van der Waals surface area contributed by atoms with Crippen LogP contribution in [-0.4, -0.2) is 29.1 Å². The smallest absolute Gasteiger partial charge is 0.228 e. The van der Waals surface area contributed by atoms with E-state index in [4.69, 9.17) is 10.3 Å². The Bertz CT molecular complexity index is 358. The molecule has 1 aliphatic rings. The molecule has 6 nitrogen and oxygen atoms in total. The van der Waals surface area contributed by atoms with Crippen LogP contribution in [0.25, 0.3) is 0 Å². The molecule has 1 heterocycles. The molecule has 3 N–H and O–H groups in total. The van der Waals surface area contributed by atoms with E-state index in [0.717, 1.165) is 25.7 Å². The van der Waals surface area contributed by atoms with E-state index in [1.54, 1.807) is 0 Å². The first-order chi connectivity index (χ1) is 8.27. The van der Waals surface area contributed by atoms with Crippen LogP contribution in [0, 0.1) is 5.41 Å². The normalized spacial score (nSPS) is 18.2. The van der Waals surface area contributed by atoms with Gasteiger partial charge < -0.3 is 15.6 Å². The number of amides is 1. The maximum Gasteiger partial charge on any atom is 0.228 e. The maximum atomic E-state index is 12.1. The Hall–Kier alpha value is -1.43. The van der Waals surface area contributed by atoms with E-state index in [9.17, 15) is 4.79 Å². The molecule has 0 radical (unpaired) electrons. The van der Waals surface area contributed by atoms with Crippen LogP contribution in [0.15, 0.2) is 10.9 Å². The number of hydrogen-bond donors (Lipinski definition) is 2. The minimum Gasteiger partial charge on any atom is -0.355 e. The average molecular weight is 238 g/mol. The van der Waals surface area contributed by atoms with Crippen LogP contribution in [0.5, 0.6) is 0 Å². The molecule has 0 atom stereocenters. The molecule has 6 heteroatoms. The lowest BCUT2D eigenvalue weighted by atomic mass is 9.85. The number of nitrogens with zero attached hydrogens (tertiary/aromatic N) is 2. The van der Waals surface area contributed by atoms with Gasteiger partial charge >= 0.3 is 0 Å². The first-order valence-electron chi connectivity index (χ1n) is 6.01. The molecule has 0 spiro atoms. The van der Waals surface area contributed by atoms with Gasteiger partial charge in [0.1, 0.15) is 0 Å². The van der Waals surface area contributed by atoms with Gasteiger partial charge in [-0.3, -0.25) is 4.79 Å². The topological polar surface area (TPSA) is 94.0 Å². The number of aromatic nitrogens is 2. The average Bonchev–Trinajstić information content (AvgIpc) is 3.00. The van der Waals surface area contributed by atoms with Crippen molar-refractivity contribution in [2.75, 3.05) is 13.1 Å². The zero-order valence-electron chi connectivity index (χ0n) is 9.82. The maximum absolute atomic E-state index is 12.1. The van der Waals surface area contributed by atoms with Crippen LogP contribution >= 0.6 is 0 Å². The van der Waals surface area contributed by atoms with Crippen molar-refractivity contribution < 1.29 is 9.32 Å². The van der Waals surface area contributed by atoms with Crippen LogP contribution in [-0.2, 0) is 11.2 Å². The SMILES string of the molecule is NCC1(C(=O)NCCc2ncno2)CCCC1. The Balaban J connectivity index is 1.80. The van der Waals surface area contributed by atoms with E-state index >= 15 is 0 Å². The predicted octanol–water partition coefficient (Wildman–Crippen LogP) is 0.247. The number of nitrogens with one attached hydrogen (secondary N) is 1. The molecule has 17 heavy (non-hydrogen) atoms. The van der Waals surface area contributed by atoms with Gasteiger partial charge in [0.15, 0.2) is 6.33 Å². The predicted molar refractivity (Wildman–Crippen MR) is 61.0 cm³/mol. The third-order valence-electron chi connectivity index (χ3n) is 3.46. The van der Waals surface area contributed by atoms with Gasteiger partial charge in [-0.1, -0.05) is 18.0 Å². The second-order valence-electron chi connectivity index (χ2n) is 4.53. The van der Waals surface area contributed by atoms with Gasteiger partial charge in [0.25, 0.3) is 0 Å². The Kier molecular flexibility index (Phi) is 3.73.